The highest BCUT2D eigenvalue weighted by atomic mass is 16.6. The second-order valence-corrected chi connectivity index (χ2v) is 9.02. The highest BCUT2D eigenvalue weighted by Gasteiger charge is 2.56. The van der Waals surface area contributed by atoms with Crippen molar-refractivity contribution in [2.75, 3.05) is 28.4 Å². The summed E-state index contributed by atoms with van der Waals surface area (Å²) in [5, 5.41) is 0. The minimum atomic E-state index is -0.712. The molecule has 0 radical (unpaired) electrons. The summed E-state index contributed by atoms with van der Waals surface area (Å²) in [5.74, 6) is -0.506. The molecule has 2 saturated heterocycles. The van der Waals surface area contributed by atoms with Crippen LogP contribution in [-0.4, -0.2) is 81.6 Å². The van der Waals surface area contributed by atoms with Gasteiger partial charge in [0.1, 0.15) is 6.10 Å². The molecule has 5 atom stereocenters. The number of methoxy groups -OCH3 is 3. The fraction of sp³-hybridized carbons (Fsp3) is 0.444. The van der Waals surface area contributed by atoms with Crippen LogP contribution in [0.2, 0.25) is 0 Å². The molecule has 2 heterocycles. The van der Waals surface area contributed by atoms with Crippen LogP contribution in [0.1, 0.15) is 40.5 Å². The lowest BCUT2D eigenvalue weighted by molar-refractivity contribution is -0.152. The maximum Gasteiger partial charge on any atom is 0.338 e. The summed E-state index contributed by atoms with van der Waals surface area (Å²) in [6, 6.07) is 11.1. The van der Waals surface area contributed by atoms with Crippen LogP contribution < -0.4 is 14.2 Å². The lowest BCUT2D eigenvalue weighted by Gasteiger charge is -2.36. The Morgan fingerprint density at radius 1 is 0.757 bits per heavy atom. The third-order valence-electron chi connectivity index (χ3n) is 6.87. The molecular formula is C27H31NO9. The number of hydrogen-bond acceptors (Lipinski definition) is 10. The second-order valence-electron chi connectivity index (χ2n) is 9.02. The number of carbonyl (C=O) groups is 3. The SMILES string of the molecule is COc1cc(C(=O)O[C@@H]2C[C@@H]3[C@@H](OC(=O)c4ccccc4)[C@@H](OC(C)=O)[C@H](C2)N3C)cc(OC)c1OC. The van der Waals surface area contributed by atoms with Crippen molar-refractivity contribution < 1.29 is 42.8 Å². The number of carbonyl (C=O) groups excluding carboxylic acids is 3. The summed E-state index contributed by atoms with van der Waals surface area (Å²) in [7, 11) is 6.30. The molecule has 4 rings (SSSR count). The summed E-state index contributed by atoms with van der Waals surface area (Å²) >= 11 is 0. The van der Waals surface area contributed by atoms with E-state index in [4.69, 9.17) is 28.4 Å². The number of piperidine rings is 1. The standard InChI is InChI=1S/C27H31NO9/c1-15(29)35-23-19-13-18(36-27(31)17-11-21(32-3)25(34-5)22(12-17)33-4)14-20(28(19)2)24(23)37-26(30)16-9-7-6-8-10-16/h6-12,18-20,23-24H,13-14H2,1-5H3/t18-,19-,20+,23-,24+/m0/s1. The second kappa shape index (κ2) is 11.1. The normalized spacial score (nSPS) is 24.6. The van der Waals surface area contributed by atoms with E-state index < -0.39 is 36.2 Å². The highest BCUT2D eigenvalue weighted by molar-refractivity contribution is 5.91. The molecule has 37 heavy (non-hydrogen) atoms. The zero-order chi connectivity index (χ0) is 26.7. The van der Waals surface area contributed by atoms with Crippen LogP contribution in [0.5, 0.6) is 17.2 Å². The van der Waals surface area contributed by atoms with E-state index in [1.807, 2.05) is 18.0 Å². The first kappa shape index (κ1) is 26.3. The van der Waals surface area contributed by atoms with Crippen molar-refractivity contribution in [3.05, 3.63) is 53.6 Å². The van der Waals surface area contributed by atoms with Crippen molar-refractivity contribution in [2.45, 2.75) is 50.2 Å². The van der Waals surface area contributed by atoms with Crippen LogP contribution >= 0.6 is 0 Å². The van der Waals surface area contributed by atoms with Gasteiger partial charge in [-0.15, -0.1) is 0 Å². The lowest BCUT2D eigenvalue weighted by Crippen LogP contribution is -2.46. The molecule has 0 amide bonds. The van der Waals surface area contributed by atoms with E-state index >= 15 is 0 Å². The van der Waals surface area contributed by atoms with Crippen LogP contribution in [0.3, 0.4) is 0 Å². The summed E-state index contributed by atoms with van der Waals surface area (Å²) in [5.41, 5.74) is 0.642. The van der Waals surface area contributed by atoms with E-state index in [0.717, 1.165) is 0 Å². The number of rotatable bonds is 8. The highest BCUT2D eigenvalue weighted by Crippen LogP contribution is 2.41. The first-order valence-electron chi connectivity index (χ1n) is 11.9. The number of fused-ring (bicyclic) bond motifs is 2. The minimum absolute atomic E-state index is 0.240. The van der Waals surface area contributed by atoms with Crippen LogP contribution in [-0.2, 0) is 19.0 Å². The van der Waals surface area contributed by atoms with E-state index in [1.54, 1.807) is 24.3 Å². The Balaban J connectivity index is 1.54. The largest absolute Gasteiger partial charge is 0.493 e. The monoisotopic (exact) mass is 513 g/mol. The minimum Gasteiger partial charge on any atom is -0.493 e. The van der Waals surface area contributed by atoms with Gasteiger partial charge < -0.3 is 28.4 Å². The molecule has 2 fully saturated rings. The Kier molecular flexibility index (Phi) is 7.87. The zero-order valence-electron chi connectivity index (χ0n) is 21.5. The molecule has 2 aromatic rings. The lowest BCUT2D eigenvalue weighted by atomic mass is 10.00. The molecule has 2 aromatic carbocycles. The molecule has 0 saturated carbocycles. The van der Waals surface area contributed by atoms with Crippen molar-refractivity contribution in [3.63, 3.8) is 0 Å². The van der Waals surface area contributed by atoms with Gasteiger partial charge in [0.05, 0.1) is 44.5 Å². The topological polar surface area (TPSA) is 110 Å². The molecular weight excluding hydrogens is 482 g/mol. The number of esters is 3. The molecule has 0 aromatic heterocycles. The van der Waals surface area contributed by atoms with Gasteiger partial charge in [-0.1, -0.05) is 18.2 Å². The van der Waals surface area contributed by atoms with Gasteiger partial charge in [0.2, 0.25) is 5.75 Å². The molecule has 198 valence electrons. The Bertz CT molecular complexity index is 1130. The average molecular weight is 514 g/mol. The zero-order valence-corrected chi connectivity index (χ0v) is 21.5. The smallest absolute Gasteiger partial charge is 0.338 e. The van der Waals surface area contributed by atoms with Gasteiger partial charge in [-0.3, -0.25) is 9.69 Å². The van der Waals surface area contributed by atoms with Crippen LogP contribution in [0.15, 0.2) is 42.5 Å². The van der Waals surface area contributed by atoms with Crippen LogP contribution in [0, 0.1) is 0 Å². The Morgan fingerprint density at radius 3 is 1.81 bits per heavy atom. The molecule has 2 aliphatic rings. The predicted molar refractivity (Wildman–Crippen MR) is 131 cm³/mol. The summed E-state index contributed by atoms with van der Waals surface area (Å²) in [4.78, 5) is 39.9. The van der Waals surface area contributed by atoms with Gasteiger partial charge in [0.25, 0.3) is 0 Å². The van der Waals surface area contributed by atoms with Crippen molar-refractivity contribution in [1.82, 2.24) is 4.90 Å². The van der Waals surface area contributed by atoms with E-state index in [1.165, 1.54) is 40.4 Å². The maximum atomic E-state index is 13.1. The van der Waals surface area contributed by atoms with Gasteiger partial charge in [-0.05, 0) is 31.3 Å². The summed E-state index contributed by atoms with van der Waals surface area (Å²) in [6.07, 6.45) is -1.09. The Labute approximate surface area is 215 Å². The number of likely N-dealkylation sites (N-methyl/N-ethyl adjacent to an activating group) is 1. The van der Waals surface area contributed by atoms with Gasteiger partial charge in [0, 0.05) is 19.8 Å². The Morgan fingerprint density at radius 2 is 1.30 bits per heavy atom. The molecule has 10 heteroatoms. The number of hydrogen-bond donors (Lipinski definition) is 0. The first-order valence-corrected chi connectivity index (χ1v) is 11.9. The predicted octanol–water partition coefficient (Wildman–Crippen LogP) is 2.87. The third kappa shape index (κ3) is 5.34. The van der Waals surface area contributed by atoms with Crippen molar-refractivity contribution in [1.29, 1.82) is 0 Å². The van der Waals surface area contributed by atoms with Gasteiger partial charge >= 0.3 is 17.9 Å². The maximum absolute atomic E-state index is 13.1. The summed E-state index contributed by atoms with van der Waals surface area (Å²) < 4.78 is 33.4. The van der Waals surface area contributed by atoms with Crippen molar-refractivity contribution >= 4 is 17.9 Å². The molecule has 0 N–H and O–H groups in total. The quantitative estimate of drug-likeness (QED) is 0.386. The van der Waals surface area contributed by atoms with Gasteiger partial charge in [-0.25, -0.2) is 9.59 Å². The molecule has 0 spiro atoms. The fourth-order valence-corrected chi connectivity index (χ4v) is 5.15. The van der Waals surface area contributed by atoms with E-state index in [-0.39, 0.29) is 17.6 Å². The average Bonchev–Trinajstić information content (AvgIpc) is 3.02. The van der Waals surface area contributed by atoms with Crippen LogP contribution in [0.25, 0.3) is 0 Å². The van der Waals surface area contributed by atoms with E-state index in [9.17, 15) is 14.4 Å². The molecule has 2 bridgehead atoms. The van der Waals surface area contributed by atoms with Crippen molar-refractivity contribution in [2.24, 2.45) is 0 Å². The molecule has 0 unspecified atom stereocenters. The first-order chi connectivity index (χ1) is 17.8. The van der Waals surface area contributed by atoms with E-state index in [2.05, 4.69) is 0 Å². The number of nitrogens with zero attached hydrogens (tertiary/aromatic N) is 1. The number of benzene rings is 2. The number of ether oxygens (including phenoxy) is 6. The Hall–Kier alpha value is -3.79. The molecule has 10 nitrogen and oxygen atoms in total. The van der Waals surface area contributed by atoms with Crippen LogP contribution in [0.4, 0.5) is 0 Å². The van der Waals surface area contributed by atoms with E-state index in [0.29, 0.717) is 35.7 Å². The van der Waals surface area contributed by atoms with Gasteiger partial charge in [-0.2, -0.15) is 0 Å². The molecule has 2 aliphatic heterocycles. The summed E-state index contributed by atoms with van der Waals surface area (Å²) in [6.45, 7) is 1.32. The van der Waals surface area contributed by atoms with Crippen molar-refractivity contribution in [3.8, 4) is 17.2 Å². The molecule has 0 aliphatic carbocycles. The fourth-order valence-electron chi connectivity index (χ4n) is 5.15. The third-order valence-corrected chi connectivity index (χ3v) is 6.87. The van der Waals surface area contributed by atoms with Gasteiger partial charge in [0.15, 0.2) is 23.7 Å².